The lowest BCUT2D eigenvalue weighted by Crippen LogP contribution is -2.43. The minimum absolute atomic E-state index is 0.102. The molecule has 0 spiro atoms. The highest BCUT2D eigenvalue weighted by Crippen LogP contribution is 2.22. The summed E-state index contributed by atoms with van der Waals surface area (Å²) in [5.41, 5.74) is -0.314. The molecule has 0 bridgehead atoms. The predicted molar refractivity (Wildman–Crippen MR) is 97.1 cm³/mol. The van der Waals surface area contributed by atoms with Crippen LogP contribution in [-0.4, -0.2) is 43.9 Å². The van der Waals surface area contributed by atoms with Crippen LogP contribution >= 0.6 is 0 Å². The van der Waals surface area contributed by atoms with E-state index in [9.17, 15) is 13.2 Å². The van der Waals surface area contributed by atoms with Crippen molar-refractivity contribution in [2.75, 3.05) is 19.7 Å². The topological polar surface area (TPSA) is 75.7 Å². The predicted octanol–water partition coefficient (Wildman–Crippen LogP) is 2.54. The third kappa shape index (κ3) is 6.01. The highest BCUT2D eigenvalue weighted by molar-refractivity contribution is 7.89. The summed E-state index contributed by atoms with van der Waals surface area (Å²) < 4.78 is 32.4. The van der Waals surface area contributed by atoms with Gasteiger partial charge in [-0.1, -0.05) is 12.8 Å². The van der Waals surface area contributed by atoms with E-state index in [1.165, 1.54) is 12.1 Å². The van der Waals surface area contributed by atoms with Crippen molar-refractivity contribution in [2.45, 2.75) is 56.9 Å². The van der Waals surface area contributed by atoms with E-state index in [-0.39, 0.29) is 22.9 Å². The normalized spacial score (nSPS) is 16.9. The third-order valence-electron chi connectivity index (χ3n) is 3.91. The number of nitrogens with zero attached hydrogens (tertiary/aromatic N) is 1. The fourth-order valence-electron chi connectivity index (χ4n) is 2.74. The second-order valence-electron chi connectivity index (χ2n) is 7.38. The van der Waals surface area contributed by atoms with Gasteiger partial charge in [-0.2, -0.15) is 4.31 Å². The summed E-state index contributed by atoms with van der Waals surface area (Å²) in [4.78, 5) is 12.0. The molecule has 1 fully saturated rings. The Labute approximate surface area is 150 Å². The Kier molecular flexibility index (Phi) is 6.46. The Hall–Kier alpha value is -1.60. The monoisotopic (exact) mass is 368 g/mol. The van der Waals surface area contributed by atoms with Crippen LogP contribution in [0.25, 0.3) is 0 Å². The van der Waals surface area contributed by atoms with E-state index in [1.54, 1.807) is 16.4 Å². The summed E-state index contributed by atoms with van der Waals surface area (Å²) in [6.45, 7) is 6.74. The lowest BCUT2D eigenvalue weighted by Gasteiger charge is -2.21. The smallest absolute Gasteiger partial charge is 0.258 e. The SMILES string of the molecule is CC(C)(C)NC(=O)COc1ccc(S(=O)(=O)N2CCCCCC2)cc1. The molecule has 1 aliphatic heterocycles. The summed E-state index contributed by atoms with van der Waals surface area (Å²) >= 11 is 0. The number of benzene rings is 1. The number of hydrogen-bond donors (Lipinski definition) is 1. The second-order valence-corrected chi connectivity index (χ2v) is 9.31. The van der Waals surface area contributed by atoms with E-state index in [0.717, 1.165) is 25.7 Å². The highest BCUT2D eigenvalue weighted by atomic mass is 32.2. The Bertz CT molecular complexity index is 670. The molecule has 1 heterocycles. The van der Waals surface area contributed by atoms with Gasteiger partial charge in [0.1, 0.15) is 5.75 Å². The largest absolute Gasteiger partial charge is 0.484 e. The van der Waals surface area contributed by atoms with Gasteiger partial charge in [0.15, 0.2) is 6.61 Å². The molecular formula is C18H28N2O4S. The molecule has 25 heavy (non-hydrogen) atoms. The van der Waals surface area contributed by atoms with Crippen LogP contribution in [0.5, 0.6) is 5.75 Å². The first kappa shape index (κ1) is 19.7. The minimum Gasteiger partial charge on any atom is -0.484 e. The van der Waals surface area contributed by atoms with Gasteiger partial charge in [-0.15, -0.1) is 0 Å². The van der Waals surface area contributed by atoms with E-state index in [4.69, 9.17) is 4.74 Å². The zero-order chi connectivity index (χ0) is 18.5. The van der Waals surface area contributed by atoms with Crippen molar-refractivity contribution in [2.24, 2.45) is 0 Å². The van der Waals surface area contributed by atoms with E-state index in [0.29, 0.717) is 18.8 Å². The van der Waals surface area contributed by atoms with Crippen LogP contribution in [-0.2, 0) is 14.8 Å². The number of amides is 1. The van der Waals surface area contributed by atoms with Crippen LogP contribution < -0.4 is 10.1 Å². The Morgan fingerprint density at radius 3 is 2.16 bits per heavy atom. The molecule has 0 radical (unpaired) electrons. The minimum atomic E-state index is -3.46. The van der Waals surface area contributed by atoms with Gasteiger partial charge in [0.25, 0.3) is 5.91 Å². The molecule has 0 aliphatic carbocycles. The van der Waals surface area contributed by atoms with Crippen LogP contribution in [0.15, 0.2) is 29.2 Å². The molecule has 1 aromatic rings. The van der Waals surface area contributed by atoms with Gasteiger partial charge in [0.05, 0.1) is 4.90 Å². The van der Waals surface area contributed by atoms with Crippen LogP contribution in [0, 0.1) is 0 Å². The number of rotatable bonds is 5. The summed E-state index contributed by atoms with van der Waals surface area (Å²) in [5.74, 6) is 0.257. The van der Waals surface area contributed by atoms with Crippen molar-refractivity contribution in [3.05, 3.63) is 24.3 Å². The molecule has 7 heteroatoms. The average molecular weight is 368 g/mol. The van der Waals surface area contributed by atoms with Crippen molar-refractivity contribution >= 4 is 15.9 Å². The lowest BCUT2D eigenvalue weighted by molar-refractivity contribution is -0.124. The van der Waals surface area contributed by atoms with E-state index in [2.05, 4.69) is 5.32 Å². The fraction of sp³-hybridized carbons (Fsp3) is 0.611. The highest BCUT2D eigenvalue weighted by Gasteiger charge is 2.25. The quantitative estimate of drug-likeness (QED) is 0.867. The molecule has 2 rings (SSSR count). The summed E-state index contributed by atoms with van der Waals surface area (Å²) in [6.07, 6.45) is 3.97. The molecular weight excluding hydrogens is 340 g/mol. The van der Waals surface area contributed by atoms with Crippen LogP contribution in [0.3, 0.4) is 0 Å². The number of carbonyl (C=O) groups excluding carboxylic acids is 1. The molecule has 140 valence electrons. The Balaban J connectivity index is 1.98. The van der Waals surface area contributed by atoms with E-state index in [1.807, 2.05) is 20.8 Å². The molecule has 1 amide bonds. The Morgan fingerprint density at radius 2 is 1.64 bits per heavy atom. The van der Waals surface area contributed by atoms with Crippen molar-refractivity contribution in [3.8, 4) is 5.75 Å². The number of carbonyl (C=O) groups is 1. The van der Waals surface area contributed by atoms with Gasteiger partial charge >= 0.3 is 0 Å². The number of nitrogens with one attached hydrogen (secondary N) is 1. The molecule has 0 atom stereocenters. The third-order valence-corrected chi connectivity index (χ3v) is 5.82. The van der Waals surface area contributed by atoms with Gasteiger partial charge in [-0.3, -0.25) is 4.79 Å². The second kappa shape index (κ2) is 8.19. The standard InChI is InChI=1S/C18H28N2O4S/c1-18(2,3)19-17(21)14-24-15-8-10-16(11-9-15)25(22,23)20-12-6-4-5-7-13-20/h8-11H,4-7,12-14H2,1-3H3,(H,19,21). The molecule has 1 aliphatic rings. The summed E-state index contributed by atoms with van der Waals surface area (Å²) in [7, 11) is -3.46. The maximum Gasteiger partial charge on any atom is 0.258 e. The first-order valence-corrected chi connectivity index (χ1v) is 10.2. The number of ether oxygens (including phenoxy) is 1. The number of sulfonamides is 1. The molecule has 1 saturated heterocycles. The molecule has 0 aromatic heterocycles. The first-order chi connectivity index (χ1) is 11.7. The summed E-state index contributed by atoms with van der Waals surface area (Å²) in [5, 5.41) is 2.81. The molecule has 0 unspecified atom stereocenters. The van der Waals surface area contributed by atoms with Gasteiger partial charge in [-0.25, -0.2) is 8.42 Å². The van der Waals surface area contributed by atoms with Crippen molar-refractivity contribution in [1.29, 1.82) is 0 Å². The van der Waals surface area contributed by atoms with Gasteiger partial charge in [-0.05, 0) is 57.9 Å². The lowest BCUT2D eigenvalue weighted by atomic mass is 10.1. The molecule has 0 saturated carbocycles. The Morgan fingerprint density at radius 1 is 1.08 bits per heavy atom. The summed E-state index contributed by atoms with van der Waals surface area (Å²) in [6, 6.07) is 6.26. The molecule has 6 nitrogen and oxygen atoms in total. The first-order valence-electron chi connectivity index (χ1n) is 8.72. The van der Waals surface area contributed by atoms with Gasteiger partial charge < -0.3 is 10.1 Å². The van der Waals surface area contributed by atoms with Crippen LogP contribution in [0.2, 0.25) is 0 Å². The number of hydrogen-bond acceptors (Lipinski definition) is 4. The van der Waals surface area contributed by atoms with Crippen molar-refractivity contribution in [3.63, 3.8) is 0 Å². The average Bonchev–Trinajstić information content (AvgIpc) is 2.81. The zero-order valence-electron chi connectivity index (χ0n) is 15.2. The van der Waals surface area contributed by atoms with E-state index < -0.39 is 10.0 Å². The van der Waals surface area contributed by atoms with Crippen LogP contribution in [0.4, 0.5) is 0 Å². The maximum atomic E-state index is 12.7. The molecule has 1 aromatic carbocycles. The zero-order valence-corrected chi connectivity index (χ0v) is 16.1. The van der Waals surface area contributed by atoms with Crippen molar-refractivity contribution < 1.29 is 17.9 Å². The van der Waals surface area contributed by atoms with E-state index >= 15 is 0 Å². The molecule has 1 N–H and O–H groups in total. The maximum absolute atomic E-state index is 12.7. The van der Waals surface area contributed by atoms with Gasteiger partial charge in [0.2, 0.25) is 10.0 Å². The van der Waals surface area contributed by atoms with Crippen molar-refractivity contribution in [1.82, 2.24) is 9.62 Å². The van der Waals surface area contributed by atoms with Crippen LogP contribution in [0.1, 0.15) is 46.5 Å². The van der Waals surface area contributed by atoms with Gasteiger partial charge in [0, 0.05) is 18.6 Å². The fourth-order valence-corrected chi connectivity index (χ4v) is 4.26.